The van der Waals surface area contributed by atoms with Crippen molar-refractivity contribution < 1.29 is 0 Å². The van der Waals surface area contributed by atoms with Gasteiger partial charge in [-0.15, -0.1) is 0 Å². The van der Waals surface area contributed by atoms with E-state index in [4.69, 9.17) is 0 Å². The summed E-state index contributed by atoms with van der Waals surface area (Å²) in [5.41, 5.74) is 4.95. The number of benzene rings is 2. The highest BCUT2D eigenvalue weighted by molar-refractivity contribution is 6.04. The minimum atomic E-state index is -0.0721. The molecule has 1 fully saturated rings. The second kappa shape index (κ2) is 7.29. The van der Waals surface area contributed by atoms with Gasteiger partial charge in [0.1, 0.15) is 0 Å². The van der Waals surface area contributed by atoms with Gasteiger partial charge in [-0.1, -0.05) is 18.2 Å². The first-order valence-electron chi connectivity index (χ1n) is 10.6. The summed E-state index contributed by atoms with van der Waals surface area (Å²) in [5.74, 6) is 0. The van der Waals surface area contributed by atoms with Crippen LogP contribution in [0.1, 0.15) is 19.4 Å². The van der Waals surface area contributed by atoms with Crippen molar-refractivity contribution in [3.63, 3.8) is 0 Å². The number of fused-ring (bicyclic) bond motifs is 3. The Hall–Kier alpha value is -3.12. The van der Waals surface area contributed by atoms with Crippen LogP contribution in [0.5, 0.6) is 0 Å². The van der Waals surface area contributed by atoms with Gasteiger partial charge in [-0.2, -0.15) is 0 Å². The van der Waals surface area contributed by atoms with E-state index in [0.717, 1.165) is 48.3 Å². The lowest BCUT2D eigenvalue weighted by molar-refractivity contribution is 0.209. The number of hydrogen-bond acceptors (Lipinski definition) is 4. The number of nitrogens with one attached hydrogen (secondary N) is 1. The number of aryl methyl sites for hydroxylation is 1. The lowest BCUT2D eigenvalue weighted by Crippen LogP contribution is -2.49. The zero-order valence-corrected chi connectivity index (χ0v) is 17.7. The van der Waals surface area contributed by atoms with E-state index in [-0.39, 0.29) is 5.56 Å². The van der Waals surface area contributed by atoms with E-state index in [2.05, 4.69) is 52.8 Å². The number of para-hydroxylation sites is 1. The smallest absolute Gasteiger partial charge is 0.280 e. The van der Waals surface area contributed by atoms with Crippen LogP contribution in [-0.2, 0) is 0 Å². The summed E-state index contributed by atoms with van der Waals surface area (Å²) in [7, 11) is 0. The van der Waals surface area contributed by atoms with Gasteiger partial charge >= 0.3 is 0 Å². The molecule has 0 saturated carbocycles. The number of aromatic amines is 1. The van der Waals surface area contributed by atoms with E-state index < -0.39 is 0 Å². The molecular formula is C24H27N5O. The minimum Gasteiger partial charge on any atom is -0.369 e. The van der Waals surface area contributed by atoms with Gasteiger partial charge in [0.2, 0.25) is 0 Å². The third kappa shape index (κ3) is 3.08. The molecule has 0 unspecified atom stereocenters. The van der Waals surface area contributed by atoms with Crippen molar-refractivity contribution in [2.24, 2.45) is 0 Å². The molecule has 3 heterocycles. The summed E-state index contributed by atoms with van der Waals surface area (Å²) >= 11 is 0. The van der Waals surface area contributed by atoms with Crippen molar-refractivity contribution in [3.8, 4) is 5.69 Å². The maximum Gasteiger partial charge on any atom is 0.280 e. The fourth-order valence-electron chi connectivity index (χ4n) is 4.48. The Morgan fingerprint density at radius 1 is 1.00 bits per heavy atom. The van der Waals surface area contributed by atoms with E-state index in [0.29, 0.717) is 11.4 Å². The number of hydrogen-bond donors (Lipinski definition) is 1. The Balaban J connectivity index is 1.58. The molecule has 5 rings (SSSR count). The standard InChI is InChI=1S/C24H27N5O/c1-16(2)27-9-11-28(12-10-27)22-14-21-19(13-17(22)3)23-20(15-25-21)24(30)29(26-23)18-7-5-4-6-8-18/h4-8,13-16,26H,9-12H2,1-3H3. The van der Waals surface area contributed by atoms with Gasteiger partial charge in [0.05, 0.1) is 22.1 Å². The number of anilines is 1. The first kappa shape index (κ1) is 18.9. The Morgan fingerprint density at radius 2 is 1.73 bits per heavy atom. The summed E-state index contributed by atoms with van der Waals surface area (Å²) < 4.78 is 1.60. The fourth-order valence-corrected chi connectivity index (χ4v) is 4.48. The molecule has 6 heteroatoms. The quantitative estimate of drug-likeness (QED) is 0.569. The molecule has 0 amide bonds. The molecule has 6 nitrogen and oxygen atoms in total. The molecule has 2 aromatic carbocycles. The van der Waals surface area contributed by atoms with Gasteiger partial charge in [0.25, 0.3) is 5.56 Å². The molecule has 2 aromatic heterocycles. The Labute approximate surface area is 175 Å². The number of piperazine rings is 1. The number of nitrogens with zero attached hydrogens (tertiary/aromatic N) is 4. The van der Waals surface area contributed by atoms with Crippen molar-refractivity contribution >= 4 is 27.5 Å². The second-order valence-electron chi connectivity index (χ2n) is 8.41. The largest absolute Gasteiger partial charge is 0.369 e. The van der Waals surface area contributed by atoms with Crippen molar-refractivity contribution in [2.75, 3.05) is 31.1 Å². The molecule has 1 saturated heterocycles. The van der Waals surface area contributed by atoms with E-state index in [9.17, 15) is 4.79 Å². The Morgan fingerprint density at radius 3 is 2.43 bits per heavy atom. The topological polar surface area (TPSA) is 57.2 Å². The highest BCUT2D eigenvalue weighted by atomic mass is 16.1. The maximum atomic E-state index is 12.9. The molecule has 1 aliphatic rings. The summed E-state index contributed by atoms with van der Waals surface area (Å²) in [4.78, 5) is 22.6. The zero-order valence-electron chi connectivity index (χ0n) is 17.7. The van der Waals surface area contributed by atoms with Crippen LogP contribution < -0.4 is 10.5 Å². The van der Waals surface area contributed by atoms with Crippen molar-refractivity contribution in [1.29, 1.82) is 0 Å². The molecule has 0 bridgehead atoms. The van der Waals surface area contributed by atoms with Crippen LogP contribution >= 0.6 is 0 Å². The molecule has 0 atom stereocenters. The monoisotopic (exact) mass is 401 g/mol. The van der Waals surface area contributed by atoms with Crippen LogP contribution in [0, 0.1) is 6.92 Å². The van der Waals surface area contributed by atoms with Crippen LogP contribution in [0.3, 0.4) is 0 Å². The average Bonchev–Trinajstić information content (AvgIpc) is 3.11. The summed E-state index contributed by atoms with van der Waals surface area (Å²) in [6.45, 7) is 10.9. The summed E-state index contributed by atoms with van der Waals surface area (Å²) in [6.07, 6.45) is 1.70. The van der Waals surface area contributed by atoms with Crippen LogP contribution in [0.25, 0.3) is 27.5 Å². The first-order valence-corrected chi connectivity index (χ1v) is 10.6. The molecule has 1 N–H and O–H groups in total. The molecular weight excluding hydrogens is 374 g/mol. The van der Waals surface area contributed by atoms with Gasteiger partial charge in [-0.05, 0) is 50.6 Å². The second-order valence-corrected chi connectivity index (χ2v) is 8.41. The molecule has 0 aliphatic carbocycles. The van der Waals surface area contributed by atoms with Crippen molar-refractivity contribution in [2.45, 2.75) is 26.8 Å². The number of aromatic nitrogens is 3. The highest BCUT2D eigenvalue weighted by Gasteiger charge is 2.21. The van der Waals surface area contributed by atoms with Gasteiger partial charge < -0.3 is 4.90 Å². The Kier molecular flexibility index (Phi) is 4.59. The third-order valence-corrected chi connectivity index (χ3v) is 6.24. The van der Waals surface area contributed by atoms with Gasteiger partial charge in [-0.3, -0.25) is 19.8 Å². The lowest BCUT2D eigenvalue weighted by Gasteiger charge is -2.38. The minimum absolute atomic E-state index is 0.0721. The predicted molar refractivity (Wildman–Crippen MR) is 123 cm³/mol. The number of H-pyrrole nitrogens is 1. The molecule has 30 heavy (non-hydrogen) atoms. The third-order valence-electron chi connectivity index (χ3n) is 6.24. The van der Waals surface area contributed by atoms with E-state index >= 15 is 0 Å². The molecule has 4 aromatic rings. The first-order chi connectivity index (χ1) is 14.5. The molecule has 0 radical (unpaired) electrons. The van der Waals surface area contributed by atoms with Crippen LogP contribution in [0.2, 0.25) is 0 Å². The average molecular weight is 402 g/mol. The normalized spacial score (nSPS) is 15.5. The maximum absolute atomic E-state index is 12.9. The van der Waals surface area contributed by atoms with Crippen molar-refractivity contribution in [3.05, 3.63) is 64.6 Å². The van der Waals surface area contributed by atoms with Crippen LogP contribution in [0.4, 0.5) is 5.69 Å². The van der Waals surface area contributed by atoms with Crippen LogP contribution in [-0.4, -0.2) is 51.9 Å². The van der Waals surface area contributed by atoms with Crippen LogP contribution in [0.15, 0.2) is 53.5 Å². The summed E-state index contributed by atoms with van der Waals surface area (Å²) in [5, 5.41) is 4.91. The lowest BCUT2D eigenvalue weighted by atomic mass is 10.1. The number of pyridine rings is 1. The van der Waals surface area contributed by atoms with E-state index in [1.54, 1.807) is 10.9 Å². The summed E-state index contributed by atoms with van der Waals surface area (Å²) in [6, 6.07) is 14.6. The number of rotatable bonds is 3. The molecule has 154 valence electrons. The van der Waals surface area contributed by atoms with E-state index in [1.807, 2.05) is 30.3 Å². The van der Waals surface area contributed by atoms with Gasteiger partial charge in [-0.25, -0.2) is 4.68 Å². The van der Waals surface area contributed by atoms with Gasteiger partial charge in [0.15, 0.2) is 0 Å². The predicted octanol–water partition coefficient (Wildman–Crippen LogP) is 3.71. The zero-order chi connectivity index (χ0) is 20.8. The molecule has 0 spiro atoms. The molecule has 1 aliphatic heterocycles. The fraction of sp³-hybridized carbons (Fsp3) is 0.333. The van der Waals surface area contributed by atoms with Gasteiger partial charge in [0, 0.05) is 49.5 Å². The van der Waals surface area contributed by atoms with Crippen molar-refractivity contribution in [1.82, 2.24) is 19.7 Å². The van der Waals surface area contributed by atoms with E-state index in [1.165, 1.54) is 11.3 Å². The highest BCUT2D eigenvalue weighted by Crippen LogP contribution is 2.30. The SMILES string of the molecule is Cc1cc2c(cc1N1CCN(C(C)C)CC1)ncc1c(=O)n(-c3ccccc3)[nH]c12. The Bertz CT molecular complexity index is 1260.